The molecule has 0 aliphatic heterocycles. The number of aryl methyl sites for hydroxylation is 1. The molecule has 0 radical (unpaired) electrons. The number of ether oxygens (including phenoxy) is 1. The van der Waals surface area contributed by atoms with Crippen LogP contribution in [0.2, 0.25) is 0 Å². The quantitative estimate of drug-likeness (QED) is 0.417. The van der Waals surface area contributed by atoms with Crippen LogP contribution >= 0.6 is 0 Å². The summed E-state index contributed by atoms with van der Waals surface area (Å²) in [5.41, 5.74) is 1.46. The highest BCUT2D eigenvalue weighted by atomic mass is 16.6. The van der Waals surface area contributed by atoms with Crippen LogP contribution in [0.3, 0.4) is 0 Å². The summed E-state index contributed by atoms with van der Waals surface area (Å²) >= 11 is 0. The van der Waals surface area contributed by atoms with E-state index in [4.69, 9.17) is 4.74 Å². The molecule has 2 aromatic rings. The number of amides is 3. The third kappa shape index (κ3) is 10.2. The molecule has 2 unspecified atom stereocenters. The first-order valence-corrected chi connectivity index (χ1v) is 13.4. The van der Waals surface area contributed by atoms with Crippen LogP contribution in [0.4, 0.5) is 4.79 Å². The van der Waals surface area contributed by atoms with Crippen molar-refractivity contribution in [2.24, 2.45) is 0 Å². The molecule has 2 rings (SSSR count). The Hall–Kier alpha value is -3.35. The van der Waals surface area contributed by atoms with E-state index in [1.807, 2.05) is 89.2 Å². The van der Waals surface area contributed by atoms with Gasteiger partial charge in [-0.1, -0.05) is 73.5 Å². The predicted octanol–water partition coefficient (Wildman–Crippen LogP) is 5.72. The highest BCUT2D eigenvalue weighted by Crippen LogP contribution is 2.25. The molecule has 0 aliphatic carbocycles. The fourth-order valence-electron chi connectivity index (χ4n) is 4.05. The second kappa shape index (κ2) is 13.4. The van der Waals surface area contributed by atoms with Crippen molar-refractivity contribution in [3.8, 4) is 0 Å². The lowest BCUT2D eigenvalue weighted by atomic mass is 9.98. The molecule has 0 spiro atoms. The zero-order valence-electron chi connectivity index (χ0n) is 24.3. The summed E-state index contributed by atoms with van der Waals surface area (Å²) in [5, 5.41) is 5.86. The maximum Gasteiger partial charge on any atom is 0.408 e. The summed E-state index contributed by atoms with van der Waals surface area (Å²) in [6, 6.07) is 15.4. The topological polar surface area (TPSA) is 87.7 Å². The summed E-state index contributed by atoms with van der Waals surface area (Å²) in [5.74, 6) is -0.593. The first kappa shape index (κ1) is 30.9. The van der Waals surface area contributed by atoms with Crippen LogP contribution in [0.5, 0.6) is 0 Å². The summed E-state index contributed by atoms with van der Waals surface area (Å²) in [6.45, 7) is 15.5. The lowest BCUT2D eigenvalue weighted by molar-refractivity contribution is -0.143. The van der Waals surface area contributed by atoms with Gasteiger partial charge >= 0.3 is 6.09 Å². The Kier molecular flexibility index (Phi) is 10.9. The van der Waals surface area contributed by atoms with Crippen molar-refractivity contribution in [3.63, 3.8) is 0 Å². The van der Waals surface area contributed by atoms with Gasteiger partial charge in [0.25, 0.3) is 0 Å². The summed E-state index contributed by atoms with van der Waals surface area (Å²) in [6.07, 6.45) is 1.15. The van der Waals surface area contributed by atoms with Gasteiger partial charge in [0.1, 0.15) is 17.7 Å². The number of hydrogen-bond donors (Lipinski definition) is 2. The van der Waals surface area contributed by atoms with Crippen molar-refractivity contribution in [2.75, 3.05) is 6.54 Å². The normalized spacial score (nSPS) is 13.3. The van der Waals surface area contributed by atoms with Gasteiger partial charge in [-0.15, -0.1) is 0 Å². The Morgan fingerprint density at radius 1 is 0.921 bits per heavy atom. The molecule has 7 heteroatoms. The molecule has 0 saturated heterocycles. The van der Waals surface area contributed by atoms with Gasteiger partial charge in [-0.3, -0.25) is 9.59 Å². The zero-order valence-corrected chi connectivity index (χ0v) is 24.3. The van der Waals surface area contributed by atoms with Gasteiger partial charge in [0.15, 0.2) is 0 Å². The molecule has 208 valence electrons. The zero-order chi connectivity index (χ0) is 28.5. The summed E-state index contributed by atoms with van der Waals surface area (Å²) in [4.78, 5) is 42.4. The number of hydrogen-bond acceptors (Lipinski definition) is 4. The number of alkyl carbamates (subject to hydrolysis) is 1. The van der Waals surface area contributed by atoms with E-state index in [-0.39, 0.29) is 18.2 Å². The Morgan fingerprint density at radius 3 is 2.05 bits per heavy atom. The minimum atomic E-state index is -0.917. The first-order chi connectivity index (χ1) is 17.7. The average molecular weight is 524 g/mol. The van der Waals surface area contributed by atoms with Crippen LogP contribution in [0.15, 0.2) is 54.6 Å². The standard InChI is InChI=1S/C31H45N3O4/c1-9-10-20-34(26(27(35)33-30(3,4)5)24-18-16-22(2)17-19-24)28(36)25(21-23-14-12-11-13-15-23)32-29(37)38-31(6,7)8/h11-19,25-26H,9-10,20-21H2,1-8H3,(H,32,37)(H,33,35). The number of nitrogens with one attached hydrogen (secondary N) is 2. The molecule has 7 nitrogen and oxygen atoms in total. The van der Waals surface area contributed by atoms with E-state index in [1.54, 1.807) is 25.7 Å². The Bertz CT molecular complexity index is 1050. The maximum atomic E-state index is 14.3. The van der Waals surface area contributed by atoms with E-state index >= 15 is 0 Å². The van der Waals surface area contributed by atoms with E-state index in [2.05, 4.69) is 10.6 Å². The molecule has 0 heterocycles. The molecular weight excluding hydrogens is 478 g/mol. The van der Waals surface area contributed by atoms with Gasteiger partial charge in [-0.05, 0) is 66.0 Å². The molecule has 2 atom stereocenters. The van der Waals surface area contributed by atoms with Gasteiger partial charge in [0.05, 0.1) is 0 Å². The smallest absolute Gasteiger partial charge is 0.408 e. The van der Waals surface area contributed by atoms with Crippen molar-refractivity contribution < 1.29 is 19.1 Å². The fourth-order valence-corrected chi connectivity index (χ4v) is 4.05. The van der Waals surface area contributed by atoms with E-state index in [1.165, 1.54) is 0 Å². The minimum absolute atomic E-state index is 0.262. The Balaban J connectivity index is 2.54. The minimum Gasteiger partial charge on any atom is -0.444 e. The monoisotopic (exact) mass is 523 g/mol. The number of benzene rings is 2. The van der Waals surface area contributed by atoms with E-state index < -0.39 is 29.3 Å². The van der Waals surface area contributed by atoms with Gasteiger partial charge in [0.2, 0.25) is 11.8 Å². The lowest BCUT2D eigenvalue weighted by Crippen LogP contribution is -2.55. The molecular formula is C31H45N3O4. The van der Waals surface area contributed by atoms with Crippen LogP contribution in [0.1, 0.15) is 84.0 Å². The van der Waals surface area contributed by atoms with Crippen molar-refractivity contribution in [1.82, 2.24) is 15.5 Å². The summed E-state index contributed by atoms with van der Waals surface area (Å²) in [7, 11) is 0. The molecule has 2 N–H and O–H groups in total. The molecule has 0 fully saturated rings. The van der Waals surface area contributed by atoms with E-state index in [0.29, 0.717) is 13.0 Å². The highest BCUT2D eigenvalue weighted by Gasteiger charge is 2.37. The number of carbonyl (C=O) groups is 3. The van der Waals surface area contributed by atoms with Gasteiger partial charge in [0, 0.05) is 18.5 Å². The number of carbonyl (C=O) groups excluding carboxylic acids is 3. The number of rotatable bonds is 10. The van der Waals surface area contributed by atoms with Crippen molar-refractivity contribution in [1.29, 1.82) is 0 Å². The van der Waals surface area contributed by atoms with Crippen LogP contribution in [0.25, 0.3) is 0 Å². The fraction of sp³-hybridized carbons (Fsp3) is 0.516. The van der Waals surface area contributed by atoms with Gasteiger partial charge in [-0.2, -0.15) is 0 Å². The Labute approximate surface area is 228 Å². The van der Waals surface area contributed by atoms with Gasteiger partial charge in [-0.25, -0.2) is 4.79 Å². The second-order valence-electron chi connectivity index (χ2n) is 11.8. The molecule has 0 aromatic heterocycles. The van der Waals surface area contributed by atoms with Crippen LogP contribution < -0.4 is 10.6 Å². The molecule has 2 aromatic carbocycles. The lowest BCUT2D eigenvalue weighted by Gasteiger charge is -2.36. The van der Waals surface area contributed by atoms with E-state index in [0.717, 1.165) is 23.1 Å². The van der Waals surface area contributed by atoms with E-state index in [9.17, 15) is 14.4 Å². The summed E-state index contributed by atoms with van der Waals surface area (Å²) < 4.78 is 5.49. The number of nitrogens with zero attached hydrogens (tertiary/aromatic N) is 1. The van der Waals surface area contributed by atoms with Crippen LogP contribution in [-0.4, -0.2) is 46.5 Å². The van der Waals surface area contributed by atoms with Crippen LogP contribution in [-0.2, 0) is 20.7 Å². The SMILES string of the molecule is CCCCN(C(=O)C(Cc1ccccc1)NC(=O)OC(C)(C)C)C(C(=O)NC(C)(C)C)c1ccc(C)cc1. The first-order valence-electron chi connectivity index (χ1n) is 13.4. The maximum absolute atomic E-state index is 14.3. The highest BCUT2D eigenvalue weighted by molar-refractivity contribution is 5.92. The molecule has 0 saturated carbocycles. The largest absolute Gasteiger partial charge is 0.444 e. The third-order valence-electron chi connectivity index (χ3n) is 5.76. The molecule has 38 heavy (non-hydrogen) atoms. The predicted molar refractivity (Wildman–Crippen MR) is 152 cm³/mol. The molecule has 0 aliphatic rings. The number of unbranched alkanes of at least 4 members (excludes halogenated alkanes) is 1. The van der Waals surface area contributed by atoms with Crippen LogP contribution in [0, 0.1) is 6.92 Å². The average Bonchev–Trinajstić information content (AvgIpc) is 2.80. The third-order valence-corrected chi connectivity index (χ3v) is 5.76. The second-order valence-corrected chi connectivity index (χ2v) is 11.8. The van der Waals surface area contributed by atoms with Crippen molar-refractivity contribution >= 4 is 17.9 Å². The van der Waals surface area contributed by atoms with Crippen molar-refractivity contribution in [3.05, 3.63) is 71.3 Å². The molecule has 3 amide bonds. The molecule has 0 bridgehead atoms. The van der Waals surface area contributed by atoms with Crippen molar-refractivity contribution in [2.45, 2.75) is 97.9 Å². The Morgan fingerprint density at radius 2 is 1.53 bits per heavy atom. The van der Waals surface area contributed by atoms with Gasteiger partial charge < -0.3 is 20.3 Å².